The second-order valence-electron chi connectivity index (χ2n) is 5.40. The first-order chi connectivity index (χ1) is 9.66. The average Bonchev–Trinajstić information content (AvgIpc) is 2.93. The number of thiophene rings is 1. The van der Waals surface area contributed by atoms with Crippen molar-refractivity contribution in [1.29, 1.82) is 0 Å². The lowest BCUT2D eigenvalue weighted by atomic mass is 9.93. The molecule has 1 atom stereocenters. The zero-order valence-corrected chi connectivity index (χ0v) is 12.9. The highest BCUT2D eigenvalue weighted by Gasteiger charge is 2.16. The molecule has 1 heterocycles. The van der Waals surface area contributed by atoms with E-state index < -0.39 is 0 Å². The van der Waals surface area contributed by atoms with Crippen molar-refractivity contribution in [3.8, 4) is 0 Å². The van der Waals surface area contributed by atoms with Crippen LogP contribution in [0, 0.1) is 5.82 Å². The average molecular weight is 291 g/mol. The minimum atomic E-state index is -0.0887. The second-order valence-corrected chi connectivity index (χ2v) is 6.43. The van der Waals surface area contributed by atoms with Crippen molar-refractivity contribution in [3.05, 3.63) is 58.0 Å². The number of hydrogen-bond acceptors (Lipinski definition) is 2. The van der Waals surface area contributed by atoms with E-state index in [4.69, 9.17) is 0 Å². The van der Waals surface area contributed by atoms with Crippen LogP contribution in [0.5, 0.6) is 0 Å². The van der Waals surface area contributed by atoms with E-state index in [1.807, 2.05) is 12.1 Å². The molecule has 1 nitrogen and oxygen atoms in total. The Hall–Kier alpha value is -1.19. The molecular formula is C17H22FNS. The van der Waals surface area contributed by atoms with Gasteiger partial charge in [-0.05, 0) is 41.8 Å². The van der Waals surface area contributed by atoms with Crippen molar-refractivity contribution >= 4 is 11.3 Å². The molecule has 2 aromatic rings. The van der Waals surface area contributed by atoms with Gasteiger partial charge in [-0.25, -0.2) is 4.39 Å². The van der Waals surface area contributed by atoms with Crippen LogP contribution in [0.1, 0.15) is 36.6 Å². The Kier molecular flexibility index (Phi) is 5.74. The summed E-state index contributed by atoms with van der Waals surface area (Å²) >= 11 is 1.77. The second kappa shape index (κ2) is 7.55. The van der Waals surface area contributed by atoms with Gasteiger partial charge in [0, 0.05) is 17.5 Å². The molecule has 20 heavy (non-hydrogen) atoms. The Morgan fingerprint density at radius 2 is 1.95 bits per heavy atom. The normalized spacial score (nSPS) is 12.8. The van der Waals surface area contributed by atoms with E-state index in [0.717, 1.165) is 24.9 Å². The molecule has 0 radical (unpaired) electrons. The number of benzene rings is 1. The molecule has 0 aliphatic heterocycles. The lowest BCUT2D eigenvalue weighted by molar-refractivity contribution is 0.489. The molecule has 1 unspecified atom stereocenters. The van der Waals surface area contributed by atoms with E-state index in [1.54, 1.807) is 23.5 Å². The number of halogens is 1. The van der Waals surface area contributed by atoms with Gasteiger partial charge in [-0.3, -0.25) is 0 Å². The first-order valence-corrected chi connectivity index (χ1v) is 8.05. The van der Waals surface area contributed by atoms with Crippen molar-refractivity contribution in [3.63, 3.8) is 0 Å². The third kappa shape index (κ3) is 4.43. The van der Waals surface area contributed by atoms with Crippen LogP contribution >= 0.6 is 11.3 Å². The third-order valence-corrected chi connectivity index (χ3v) is 4.37. The van der Waals surface area contributed by atoms with Crippen molar-refractivity contribution in [2.75, 3.05) is 6.54 Å². The topological polar surface area (TPSA) is 12.0 Å². The van der Waals surface area contributed by atoms with E-state index >= 15 is 0 Å². The van der Waals surface area contributed by atoms with Crippen LogP contribution < -0.4 is 5.32 Å². The molecule has 0 bridgehead atoms. The van der Waals surface area contributed by atoms with Gasteiger partial charge in [-0.15, -0.1) is 11.3 Å². The predicted molar refractivity (Wildman–Crippen MR) is 84.9 cm³/mol. The zero-order valence-electron chi connectivity index (χ0n) is 12.1. The zero-order chi connectivity index (χ0) is 14.4. The first-order valence-electron chi connectivity index (χ1n) is 7.17. The van der Waals surface area contributed by atoms with Gasteiger partial charge in [0.1, 0.15) is 5.82 Å². The van der Waals surface area contributed by atoms with Gasteiger partial charge in [-0.1, -0.05) is 38.1 Å². The smallest absolute Gasteiger partial charge is 0.126 e. The fourth-order valence-electron chi connectivity index (χ4n) is 2.32. The Labute approximate surface area is 124 Å². The summed E-state index contributed by atoms with van der Waals surface area (Å²) in [5.41, 5.74) is 0.831. The monoisotopic (exact) mass is 291 g/mol. The summed E-state index contributed by atoms with van der Waals surface area (Å²) < 4.78 is 14.0. The Morgan fingerprint density at radius 3 is 2.60 bits per heavy atom. The van der Waals surface area contributed by atoms with Gasteiger partial charge in [0.15, 0.2) is 0 Å². The van der Waals surface area contributed by atoms with Gasteiger partial charge in [0.05, 0.1) is 0 Å². The van der Waals surface area contributed by atoms with Crippen LogP contribution in [0.25, 0.3) is 0 Å². The number of hydrogen-bond donors (Lipinski definition) is 1. The highest BCUT2D eigenvalue weighted by molar-refractivity contribution is 7.09. The summed E-state index contributed by atoms with van der Waals surface area (Å²) in [6.45, 7) is 5.07. The lowest BCUT2D eigenvalue weighted by Gasteiger charge is -2.20. The van der Waals surface area contributed by atoms with E-state index in [9.17, 15) is 4.39 Å². The van der Waals surface area contributed by atoms with Crippen molar-refractivity contribution < 1.29 is 4.39 Å². The molecule has 0 aliphatic carbocycles. The molecule has 3 heteroatoms. The highest BCUT2D eigenvalue weighted by atomic mass is 32.1. The van der Waals surface area contributed by atoms with E-state index in [-0.39, 0.29) is 11.7 Å². The van der Waals surface area contributed by atoms with Crippen molar-refractivity contribution in [2.45, 2.75) is 38.6 Å². The highest BCUT2D eigenvalue weighted by Crippen LogP contribution is 2.25. The molecule has 2 rings (SSSR count). The molecule has 0 aliphatic rings. The van der Waals surface area contributed by atoms with Crippen LogP contribution in [0.3, 0.4) is 0 Å². The predicted octanol–water partition coefficient (Wildman–Crippen LogP) is 4.60. The standard InChI is InChI=1S/C17H22FNS/c1-13(2)19-12-14(9-10-15-6-5-11-20-15)16-7-3-4-8-17(16)18/h3-8,11,13-14,19H,9-10,12H2,1-2H3. The molecule has 1 N–H and O–H groups in total. The summed E-state index contributed by atoms with van der Waals surface area (Å²) in [5, 5.41) is 5.54. The summed E-state index contributed by atoms with van der Waals surface area (Å²) in [6.07, 6.45) is 1.98. The quantitative estimate of drug-likeness (QED) is 0.786. The summed E-state index contributed by atoms with van der Waals surface area (Å²) in [7, 11) is 0. The summed E-state index contributed by atoms with van der Waals surface area (Å²) in [5.74, 6) is 0.134. The third-order valence-electron chi connectivity index (χ3n) is 3.44. The minimum absolute atomic E-state index is 0.0887. The maximum Gasteiger partial charge on any atom is 0.126 e. The lowest BCUT2D eigenvalue weighted by Crippen LogP contribution is -2.28. The summed E-state index contributed by atoms with van der Waals surface area (Å²) in [6, 6.07) is 11.8. The Bertz CT molecular complexity index is 507. The number of nitrogens with one attached hydrogen (secondary N) is 1. The fraction of sp³-hybridized carbons (Fsp3) is 0.412. The molecule has 108 valence electrons. The minimum Gasteiger partial charge on any atom is -0.314 e. The van der Waals surface area contributed by atoms with Crippen LogP contribution in [0.4, 0.5) is 4.39 Å². The molecule has 0 spiro atoms. The number of aryl methyl sites for hydroxylation is 1. The van der Waals surface area contributed by atoms with E-state index in [0.29, 0.717) is 6.04 Å². The van der Waals surface area contributed by atoms with Gasteiger partial charge in [0.25, 0.3) is 0 Å². The SMILES string of the molecule is CC(C)NCC(CCc1cccs1)c1ccccc1F. The van der Waals surface area contributed by atoms with Crippen molar-refractivity contribution in [2.24, 2.45) is 0 Å². The van der Waals surface area contributed by atoms with Crippen LogP contribution in [0.15, 0.2) is 41.8 Å². The first kappa shape index (κ1) is 15.2. The molecule has 1 aromatic carbocycles. The van der Waals surface area contributed by atoms with Gasteiger partial charge >= 0.3 is 0 Å². The largest absolute Gasteiger partial charge is 0.314 e. The fourth-order valence-corrected chi connectivity index (χ4v) is 3.05. The van der Waals surface area contributed by atoms with Gasteiger partial charge in [-0.2, -0.15) is 0 Å². The molecular weight excluding hydrogens is 269 g/mol. The van der Waals surface area contributed by atoms with Gasteiger partial charge in [0.2, 0.25) is 0 Å². The van der Waals surface area contributed by atoms with Gasteiger partial charge < -0.3 is 5.32 Å². The van der Waals surface area contributed by atoms with Crippen LogP contribution in [-0.2, 0) is 6.42 Å². The van der Waals surface area contributed by atoms with E-state index in [1.165, 1.54) is 4.88 Å². The van der Waals surface area contributed by atoms with Crippen LogP contribution in [-0.4, -0.2) is 12.6 Å². The molecule has 0 fully saturated rings. The molecule has 1 aromatic heterocycles. The van der Waals surface area contributed by atoms with E-state index in [2.05, 4.69) is 36.7 Å². The molecule has 0 amide bonds. The maximum absolute atomic E-state index is 14.0. The molecule has 0 saturated carbocycles. The van der Waals surface area contributed by atoms with Crippen molar-refractivity contribution in [1.82, 2.24) is 5.32 Å². The number of rotatable bonds is 7. The summed E-state index contributed by atoms with van der Waals surface area (Å²) in [4.78, 5) is 1.37. The maximum atomic E-state index is 14.0. The Balaban J connectivity index is 2.05. The Morgan fingerprint density at radius 1 is 1.15 bits per heavy atom. The molecule has 0 saturated heterocycles. The van der Waals surface area contributed by atoms with Crippen LogP contribution in [0.2, 0.25) is 0 Å².